The molecule has 1 amide bonds. The number of para-hydroxylation sites is 1. The van der Waals surface area contributed by atoms with Crippen LogP contribution in [0.15, 0.2) is 59.4 Å². The van der Waals surface area contributed by atoms with Crippen molar-refractivity contribution in [3.05, 3.63) is 81.2 Å². The van der Waals surface area contributed by atoms with E-state index in [1.54, 1.807) is 6.92 Å². The molecule has 0 aliphatic carbocycles. The zero-order valence-electron chi connectivity index (χ0n) is 17.0. The summed E-state index contributed by atoms with van der Waals surface area (Å²) in [5, 5.41) is 6.75. The van der Waals surface area contributed by atoms with Gasteiger partial charge in [0, 0.05) is 21.9 Å². The van der Waals surface area contributed by atoms with Crippen LogP contribution in [0.4, 0.5) is 17.1 Å². The van der Waals surface area contributed by atoms with Crippen LogP contribution >= 0.6 is 11.3 Å². The van der Waals surface area contributed by atoms with E-state index in [2.05, 4.69) is 15.6 Å². The number of fused-ring (bicyclic) bond motifs is 1. The number of benzene rings is 2. The van der Waals surface area contributed by atoms with Gasteiger partial charge in [-0.1, -0.05) is 18.2 Å². The first-order chi connectivity index (χ1) is 14.4. The summed E-state index contributed by atoms with van der Waals surface area (Å²) in [4.78, 5) is 31.8. The van der Waals surface area contributed by atoms with Crippen molar-refractivity contribution in [2.24, 2.45) is 0 Å². The van der Waals surface area contributed by atoms with Crippen molar-refractivity contribution in [1.29, 1.82) is 0 Å². The van der Waals surface area contributed by atoms with Gasteiger partial charge < -0.3 is 10.6 Å². The minimum absolute atomic E-state index is 0.0774. The van der Waals surface area contributed by atoms with Gasteiger partial charge in [0.15, 0.2) is 0 Å². The SMILES string of the molecule is Cc1sc2nc(C)n(CC(=O)Nc3ccc(Nc4ccccc4)cc3)c(=O)c2c1C. The van der Waals surface area contributed by atoms with E-state index < -0.39 is 0 Å². The Morgan fingerprint density at radius 3 is 2.30 bits per heavy atom. The van der Waals surface area contributed by atoms with Crippen molar-refractivity contribution in [3.63, 3.8) is 0 Å². The lowest BCUT2D eigenvalue weighted by Crippen LogP contribution is -2.30. The van der Waals surface area contributed by atoms with Gasteiger partial charge in [0.05, 0.1) is 5.39 Å². The number of nitrogens with zero attached hydrogens (tertiary/aromatic N) is 2. The lowest BCUT2D eigenvalue weighted by molar-refractivity contribution is -0.116. The molecule has 0 saturated carbocycles. The molecule has 0 saturated heterocycles. The van der Waals surface area contributed by atoms with Crippen LogP contribution in [-0.2, 0) is 11.3 Å². The van der Waals surface area contributed by atoms with Crippen LogP contribution in [0.2, 0.25) is 0 Å². The number of carbonyl (C=O) groups excluding carboxylic acids is 1. The lowest BCUT2D eigenvalue weighted by Gasteiger charge is -2.11. The molecule has 152 valence electrons. The molecule has 7 heteroatoms. The fraction of sp³-hybridized carbons (Fsp3) is 0.174. The molecule has 2 aromatic heterocycles. The Kier molecular flexibility index (Phi) is 5.37. The third kappa shape index (κ3) is 3.97. The quantitative estimate of drug-likeness (QED) is 0.490. The number of carbonyl (C=O) groups is 1. The van der Waals surface area contributed by atoms with E-state index in [0.717, 1.165) is 26.6 Å². The number of aromatic nitrogens is 2. The molecule has 4 rings (SSSR count). The summed E-state index contributed by atoms with van der Waals surface area (Å²) in [6.45, 7) is 5.57. The molecule has 2 N–H and O–H groups in total. The molecule has 6 nitrogen and oxygen atoms in total. The second kappa shape index (κ2) is 8.12. The van der Waals surface area contributed by atoms with Crippen LogP contribution in [0.25, 0.3) is 10.2 Å². The van der Waals surface area contributed by atoms with E-state index in [4.69, 9.17) is 0 Å². The maximum atomic E-state index is 12.9. The van der Waals surface area contributed by atoms with E-state index >= 15 is 0 Å². The monoisotopic (exact) mass is 418 g/mol. The summed E-state index contributed by atoms with van der Waals surface area (Å²) in [6.07, 6.45) is 0. The molecule has 4 aromatic rings. The Balaban J connectivity index is 1.48. The molecular weight excluding hydrogens is 396 g/mol. The first-order valence-electron chi connectivity index (χ1n) is 9.61. The minimum atomic E-state index is -0.269. The predicted octanol–water partition coefficient (Wildman–Crippen LogP) is 4.77. The average Bonchev–Trinajstić information content (AvgIpc) is 3.01. The maximum absolute atomic E-state index is 12.9. The Morgan fingerprint density at radius 2 is 1.60 bits per heavy atom. The van der Waals surface area contributed by atoms with Gasteiger partial charge in [0.25, 0.3) is 5.56 Å². The highest BCUT2D eigenvalue weighted by Crippen LogP contribution is 2.26. The summed E-state index contributed by atoms with van der Waals surface area (Å²) in [6, 6.07) is 17.3. The van der Waals surface area contributed by atoms with Crippen LogP contribution in [-0.4, -0.2) is 15.5 Å². The lowest BCUT2D eigenvalue weighted by atomic mass is 10.2. The second-order valence-electron chi connectivity index (χ2n) is 7.13. The number of aryl methyl sites for hydroxylation is 3. The molecule has 0 bridgehead atoms. The van der Waals surface area contributed by atoms with E-state index in [9.17, 15) is 9.59 Å². The van der Waals surface area contributed by atoms with Crippen LogP contribution < -0.4 is 16.2 Å². The summed E-state index contributed by atoms with van der Waals surface area (Å²) in [5.41, 5.74) is 3.34. The molecular formula is C23H22N4O2S. The number of hydrogen-bond acceptors (Lipinski definition) is 5. The molecule has 2 heterocycles. The van der Waals surface area contributed by atoms with Gasteiger partial charge in [0.1, 0.15) is 17.2 Å². The van der Waals surface area contributed by atoms with E-state index in [0.29, 0.717) is 16.9 Å². The van der Waals surface area contributed by atoms with Crippen molar-refractivity contribution in [2.45, 2.75) is 27.3 Å². The van der Waals surface area contributed by atoms with Crippen molar-refractivity contribution >= 4 is 44.5 Å². The number of thiophene rings is 1. The Morgan fingerprint density at radius 1 is 0.967 bits per heavy atom. The van der Waals surface area contributed by atoms with Gasteiger partial charge in [-0.05, 0) is 62.7 Å². The standard InChI is InChI=1S/C23H22N4O2S/c1-14-15(2)30-22-21(14)23(29)27(16(3)24-22)13-20(28)26-19-11-9-18(10-12-19)25-17-7-5-4-6-8-17/h4-12,25H,13H2,1-3H3,(H,26,28). The zero-order valence-corrected chi connectivity index (χ0v) is 17.8. The predicted molar refractivity (Wildman–Crippen MR) is 123 cm³/mol. The van der Waals surface area contributed by atoms with E-state index in [1.807, 2.05) is 68.4 Å². The number of hydrogen-bond donors (Lipinski definition) is 2. The van der Waals surface area contributed by atoms with Gasteiger partial charge in [-0.25, -0.2) is 4.98 Å². The molecule has 2 aromatic carbocycles. The Bertz CT molecular complexity index is 1270. The normalized spacial score (nSPS) is 10.9. The highest BCUT2D eigenvalue weighted by molar-refractivity contribution is 7.18. The van der Waals surface area contributed by atoms with Crippen molar-refractivity contribution < 1.29 is 4.79 Å². The molecule has 0 atom stereocenters. The molecule has 0 unspecified atom stereocenters. The van der Waals surface area contributed by atoms with Gasteiger partial charge in [-0.3, -0.25) is 14.2 Å². The third-order valence-corrected chi connectivity index (χ3v) is 6.11. The summed E-state index contributed by atoms with van der Waals surface area (Å²) in [7, 11) is 0. The molecule has 0 spiro atoms. The second-order valence-corrected chi connectivity index (χ2v) is 8.33. The third-order valence-electron chi connectivity index (χ3n) is 5.01. The molecule has 30 heavy (non-hydrogen) atoms. The number of amides is 1. The number of anilines is 3. The highest BCUT2D eigenvalue weighted by Gasteiger charge is 2.16. The average molecular weight is 419 g/mol. The van der Waals surface area contributed by atoms with E-state index in [-0.39, 0.29) is 18.0 Å². The fourth-order valence-electron chi connectivity index (χ4n) is 3.28. The van der Waals surface area contributed by atoms with Gasteiger partial charge in [-0.2, -0.15) is 0 Å². The van der Waals surface area contributed by atoms with Gasteiger partial charge >= 0.3 is 0 Å². The van der Waals surface area contributed by atoms with Crippen LogP contribution in [0.1, 0.15) is 16.3 Å². The topological polar surface area (TPSA) is 76.0 Å². The molecule has 0 radical (unpaired) electrons. The van der Waals surface area contributed by atoms with Crippen LogP contribution in [0.5, 0.6) is 0 Å². The van der Waals surface area contributed by atoms with Crippen LogP contribution in [0.3, 0.4) is 0 Å². The summed E-state index contributed by atoms with van der Waals surface area (Å²) >= 11 is 1.51. The summed E-state index contributed by atoms with van der Waals surface area (Å²) < 4.78 is 1.43. The van der Waals surface area contributed by atoms with Crippen molar-refractivity contribution in [1.82, 2.24) is 9.55 Å². The number of nitrogens with one attached hydrogen (secondary N) is 2. The first kappa shape index (κ1) is 19.8. The maximum Gasteiger partial charge on any atom is 0.263 e. The smallest absolute Gasteiger partial charge is 0.263 e. The van der Waals surface area contributed by atoms with Gasteiger partial charge in [0.2, 0.25) is 5.91 Å². The van der Waals surface area contributed by atoms with Crippen molar-refractivity contribution in [3.8, 4) is 0 Å². The summed E-state index contributed by atoms with van der Waals surface area (Å²) in [5.74, 6) is 0.265. The fourth-order valence-corrected chi connectivity index (χ4v) is 4.35. The number of rotatable bonds is 5. The van der Waals surface area contributed by atoms with Crippen LogP contribution in [0, 0.1) is 20.8 Å². The van der Waals surface area contributed by atoms with Gasteiger partial charge in [-0.15, -0.1) is 11.3 Å². The largest absolute Gasteiger partial charge is 0.356 e. The highest BCUT2D eigenvalue weighted by atomic mass is 32.1. The van der Waals surface area contributed by atoms with E-state index in [1.165, 1.54) is 15.9 Å². The molecule has 0 aliphatic heterocycles. The Hall–Kier alpha value is -3.45. The first-order valence-corrected chi connectivity index (χ1v) is 10.4. The van der Waals surface area contributed by atoms with Crippen molar-refractivity contribution in [2.75, 3.05) is 10.6 Å². The molecule has 0 aliphatic rings. The zero-order chi connectivity index (χ0) is 21.3. The Labute approximate surface area is 178 Å². The minimum Gasteiger partial charge on any atom is -0.356 e. The molecule has 0 fully saturated rings.